The van der Waals surface area contributed by atoms with Crippen LogP contribution in [0.4, 0.5) is 0 Å². The molecule has 1 fully saturated rings. The standard InChI is InChI=1S/C23H23ClINO5/c1-26-7-6-13(16(26)11-27)21-19(29-2)10-20(30-3)22-17(28)9-18(31-23(21)22)14-8-12(25)4-5-15(14)24/h4-5,8-10,13,16,27H,6-7,11H2,1-3H3/t13-,16+/m1/s1. The molecule has 6 nitrogen and oxygen atoms in total. The van der Waals surface area contributed by atoms with Crippen molar-refractivity contribution in [3.8, 4) is 22.8 Å². The number of hydrogen-bond acceptors (Lipinski definition) is 6. The van der Waals surface area contributed by atoms with Crippen molar-refractivity contribution in [2.75, 3.05) is 34.4 Å². The van der Waals surface area contributed by atoms with Gasteiger partial charge in [0.15, 0.2) is 5.43 Å². The van der Waals surface area contributed by atoms with Crippen LogP contribution < -0.4 is 14.9 Å². The van der Waals surface area contributed by atoms with Gasteiger partial charge in [0.05, 0.1) is 25.8 Å². The molecule has 0 bridgehead atoms. The molecule has 8 heteroatoms. The minimum Gasteiger partial charge on any atom is -0.496 e. The first kappa shape index (κ1) is 22.4. The number of methoxy groups -OCH3 is 2. The number of rotatable bonds is 5. The maximum absolute atomic E-state index is 13.2. The van der Waals surface area contributed by atoms with Gasteiger partial charge in [-0.25, -0.2) is 0 Å². The summed E-state index contributed by atoms with van der Waals surface area (Å²) < 4.78 is 18.5. The molecule has 1 saturated heterocycles. The van der Waals surface area contributed by atoms with E-state index in [0.29, 0.717) is 38.8 Å². The van der Waals surface area contributed by atoms with Gasteiger partial charge in [-0.1, -0.05) is 11.6 Å². The van der Waals surface area contributed by atoms with Gasteiger partial charge in [-0.05, 0) is 60.8 Å². The maximum atomic E-state index is 13.2. The van der Waals surface area contributed by atoms with E-state index in [0.717, 1.165) is 22.1 Å². The lowest BCUT2D eigenvalue weighted by Crippen LogP contribution is -2.32. The molecule has 0 saturated carbocycles. The molecule has 0 amide bonds. The zero-order valence-electron chi connectivity index (χ0n) is 17.4. The Labute approximate surface area is 198 Å². The van der Waals surface area contributed by atoms with Gasteiger partial charge in [-0.3, -0.25) is 4.79 Å². The Morgan fingerprint density at radius 3 is 2.65 bits per heavy atom. The van der Waals surface area contributed by atoms with Crippen LogP contribution in [-0.2, 0) is 0 Å². The van der Waals surface area contributed by atoms with E-state index in [1.54, 1.807) is 19.2 Å². The highest BCUT2D eigenvalue weighted by Crippen LogP contribution is 2.45. The fraction of sp³-hybridized carbons (Fsp3) is 0.348. The van der Waals surface area contributed by atoms with Crippen LogP contribution in [0.25, 0.3) is 22.3 Å². The van der Waals surface area contributed by atoms with Crippen molar-refractivity contribution in [2.45, 2.75) is 18.4 Å². The molecule has 2 heterocycles. The molecule has 31 heavy (non-hydrogen) atoms. The first-order chi connectivity index (χ1) is 14.9. The number of fused-ring (bicyclic) bond motifs is 1. The second kappa shape index (κ2) is 8.97. The highest BCUT2D eigenvalue weighted by atomic mass is 127. The number of ether oxygens (including phenoxy) is 2. The van der Waals surface area contributed by atoms with Gasteiger partial charge in [-0.2, -0.15) is 0 Å². The van der Waals surface area contributed by atoms with Gasteiger partial charge >= 0.3 is 0 Å². The third-order valence-corrected chi connectivity index (χ3v) is 6.98. The Morgan fingerprint density at radius 2 is 1.97 bits per heavy atom. The fourth-order valence-electron chi connectivity index (χ4n) is 4.41. The average molecular weight is 556 g/mol. The predicted octanol–water partition coefficient (Wildman–Crippen LogP) is 4.52. The quantitative estimate of drug-likeness (QED) is 0.467. The molecule has 1 N–H and O–H groups in total. The van der Waals surface area contributed by atoms with E-state index in [-0.39, 0.29) is 24.0 Å². The molecular formula is C23H23ClINO5. The van der Waals surface area contributed by atoms with Gasteiger partial charge in [0.1, 0.15) is 28.2 Å². The first-order valence-corrected chi connectivity index (χ1v) is 11.3. The molecule has 0 aliphatic carbocycles. The highest BCUT2D eigenvalue weighted by molar-refractivity contribution is 14.1. The second-order valence-electron chi connectivity index (χ2n) is 7.62. The smallest absolute Gasteiger partial charge is 0.197 e. The van der Waals surface area contributed by atoms with Gasteiger partial charge in [0.2, 0.25) is 0 Å². The summed E-state index contributed by atoms with van der Waals surface area (Å²) in [6.07, 6.45) is 0.803. The Balaban J connectivity index is 2.07. The summed E-state index contributed by atoms with van der Waals surface area (Å²) in [6, 6.07) is 8.61. The summed E-state index contributed by atoms with van der Waals surface area (Å²) >= 11 is 8.62. The molecular weight excluding hydrogens is 533 g/mol. The Hall–Kier alpha value is -1.81. The number of benzene rings is 2. The van der Waals surface area contributed by atoms with Gasteiger partial charge in [0.25, 0.3) is 0 Å². The van der Waals surface area contributed by atoms with Crippen LogP contribution in [0.3, 0.4) is 0 Å². The molecule has 0 unspecified atom stereocenters. The summed E-state index contributed by atoms with van der Waals surface area (Å²) in [6.45, 7) is 0.809. The maximum Gasteiger partial charge on any atom is 0.197 e. The monoisotopic (exact) mass is 555 g/mol. The second-order valence-corrected chi connectivity index (χ2v) is 9.28. The topological polar surface area (TPSA) is 72.1 Å². The van der Waals surface area contributed by atoms with Crippen molar-refractivity contribution in [3.63, 3.8) is 0 Å². The summed E-state index contributed by atoms with van der Waals surface area (Å²) in [4.78, 5) is 15.4. The number of halogens is 2. The molecule has 2 atom stereocenters. The molecule has 3 aromatic rings. The van der Waals surface area contributed by atoms with Crippen molar-refractivity contribution in [1.82, 2.24) is 4.90 Å². The number of hydrogen-bond donors (Lipinski definition) is 1. The number of aliphatic hydroxyl groups is 1. The largest absolute Gasteiger partial charge is 0.496 e. The molecule has 2 aromatic carbocycles. The molecule has 0 spiro atoms. The van der Waals surface area contributed by atoms with Crippen LogP contribution in [0, 0.1) is 3.57 Å². The number of nitrogens with zero attached hydrogens (tertiary/aromatic N) is 1. The minimum absolute atomic E-state index is 0.00945. The van der Waals surface area contributed by atoms with E-state index >= 15 is 0 Å². The number of likely N-dealkylation sites (tertiary alicyclic amines) is 1. The Morgan fingerprint density at radius 1 is 1.23 bits per heavy atom. The molecule has 1 aromatic heterocycles. The lowest BCUT2D eigenvalue weighted by Gasteiger charge is -2.25. The summed E-state index contributed by atoms with van der Waals surface area (Å²) in [5.41, 5.74) is 1.59. The van der Waals surface area contributed by atoms with Gasteiger partial charge in [-0.15, -0.1) is 0 Å². The highest BCUT2D eigenvalue weighted by Gasteiger charge is 2.37. The van der Waals surface area contributed by atoms with E-state index in [1.807, 2.05) is 19.2 Å². The van der Waals surface area contributed by atoms with E-state index in [9.17, 15) is 9.90 Å². The van der Waals surface area contributed by atoms with Crippen molar-refractivity contribution in [2.24, 2.45) is 0 Å². The Kier molecular flexibility index (Phi) is 6.48. The third-order valence-electron chi connectivity index (χ3n) is 5.98. The predicted molar refractivity (Wildman–Crippen MR) is 130 cm³/mol. The first-order valence-electron chi connectivity index (χ1n) is 9.88. The minimum atomic E-state index is -0.223. The average Bonchev–Trinajstić information content (AvgIpc) is 3.13. The van der Waals surface area contributed by atoms with Crippen molar-refractivity contribution in [1.29, 1.82) is 0 Å². The summed E-state index contributed by atoms with van der Waals surface area (Å²) in [5, 5.41) is 10.9. The van der Waals surface area contributed by atoms with Crippen molar-refractivity contribution < 1.29 is 19.0 Å². The van der Waals surface area contributed by atoms with Crippen LogP contribution in [0.2, 0.25) is 5.02 Å². The molecule has 1 aliphatic rings. The molecule has 164 valence electrons. The molecule has 0 radical (unpaired) electrons. The van der Waals surface area contributed by atoms with Crippen LogP contribution >= 0.6 is 34.2 Å². The molecule has 4 rings (SSSR count). The van der Waals surface area contributed by atoms with E-state index < -0.39 is 0 Å². The van der Waals surface area contributed by atoms with E-state index in [4.69, 9.17) is 25.5 Å². The summed E-state index contributed by atoms with van der Waals surface area (Å²) in [7, 11) is 5.07. The summed E-state index contributed by atoms with van der Waals surface area (Å²) in [5.74, 6) is 1.27. The normalized spacial score (nSPS) is 19.2. The Bertz CT molecular complexity index is 1190. The lowest BCUT2D eigenvalue weighted by atomic mass is 9.89. The van der Waals surface area contributed by atoms with Crippen LogP contribution in [-0.4, -0.2) is 50.5 Å². The van der Waals surface area contributed by atoms with E-state index in [2.05, 4.69) is 27.5 Å². The number of likely N-dealkylation sites (N-methyl/N-ethyl adjacent to an activating group) is 1. The number of aliphatic hydroxyl groups excluding tert-OH is 1. The van der Waals surface area contributed by atoms with Crippen molar-refractivity contribution in [3.05, 3.63) is 54.7 Å². The van der Waals surface area contributed by atoms with Crippen LogP contribution in [0.1, 0.15) is 17.9 Å². The molecule has 1 aliphatic heterocycles. The third kappa shape index (κ3) is 3.92. The SMILES string of the molecule is COc1cc(OC)c2c(=O)cc(-c3cc(I)ccc3Cl)oc2c1[C@@H]1CCN(C)[C@H]1CO. The van der Waals surface area contributed by atoms with Gasteiger partial charge < -0.3 is 23.9 Å². The lowest BCUT2D eigenvalue weighted by molar-refractivity contribution is 0.171. The van der Waals surface area contributed by atoms with E-state index in [1.165, 1.54) is 13.2 Å². The van der Waals surface area contributed by atoms with Crippen molar-refractivity contribution >= 4 is 45.2 Å². The van der Waals surface area contributed by atoms with Crippen LogP contribution in [0.15, 0.2) is 39.5 Å². The zero-order chi connectivity index (χ0) is 22.3. The fourth-order valence-corrected chi connectivity index (χ4v) is 5.11. The zero-order valence-corrected chi connectivity index (χ0v) is 20.4. The van der Waals surface area contributed by atoms with Gasteiger partial charge in [0, 0.05) is 38.8 Å². The van der Waals surface area contributed by atoms with Crippen LogP contribution in [0.5, 0.6) is 11.5 Å².